The molecule has 8 heteroatoms. The molecule has 0 aromatic rings. The van der Waals surface area contributed by atoms with Gasteiger partial charge in [-0.05, 0) is 24.9 Å². The molecule has 0 unspecified atom stereocenters. The molecule has 6 nitrogen and oxygen atoms in total. The van der Waals surface area contributed by atoms with Gasteiger partial charge >= 0.3 is 0 Å². The van der Waals surface area contributed by atoms with E-state index < -0.39 is 10.2 Å². The van der Waals surface area contributed by atoms with Gasteiger partial charge in [-0.3, -0.25) is 0 Å². The van der Waals surface area contributed by atoms with Crippen LogP contribution in [0.25, 0.3) is 0 Å². The van der Waals surface area contributed by atoms with Crippen molar-refractivity contribution in [3.63, 3.8) is 0 Å². The van der Waals surface area contributed by atoms with Crippen molar-refractivity contribution in [3.8, 4) is 0 Å². The Labute approximate surface area is 114 Å². The summed E-state index contributed by atoms with van der Waals surface area (Å²) in [6.07, 6.45) is 0. The Bertz CT molecular complexity index is 374. The van der Waals surface area contributed by atoms with Crippen molar-refractivity contribution >= 4 is 22.6 Å². The number of rotatable bonds is 2. The second-order valence-corrected chi connectivity index (χ2v) is 6.94. The zero-order valence-electron chi connectivity index (χ0n) is 10.2. The van der Waals surface area contributed by atoms with Crippen molar-refractivity contribution in [2.24, 2.45) is 11.8 Å². The fourth-order valence-electron chi connectivity index (χ4n) is 2.94. The fraction of sp³-hybridized carbons (Fsp3) is 1.00. The molecule has 2 atom stereocenters. The van der Waals surface area contributed by atoms with Crippen LogP contribution in [-0.2, 0) is 14.9 Å². The van der Waals surface area contributed by atoms with Crippen molar-refractivity contribution in [1.82, 2.24) is 13.9 Å². The number of halogens is 1. The van der Waals surface area contributed by atoms with Gasteiger partial charge < -0.3 is 10.1 Å². The molecule has 0 spiro atoms. The predicted molar refractivity (Wildman–Crippen MR) is 70.0 cm³/mol. The van der Waals surface area contributed by atoms with Gasteiger partial charge in [-0.2, -0.15) is 17.0 Å². The Morgan fingerprint density at radius 1 is 1.00 bits per heavy atom. The number of nitrogens with one attached hydrogen (secondary N) is 1. The standard InChI is InChI=1S/C10H19N3O3S.ClH/c14-17(15,12-1-3-16-4-2-12)13-7-9-5-11-6-10(9)8-13;/h9-11H,1-8H2;1H/t9-,10+;. The summed E-state index contributed by atoms with van der Waals surface area (Å²) in [7, 11) is -3.24. The molecule has 3 fully saturated rings. The maximum Gasteiger partial charge on any atom is 0.282 e. The van der Waals surface area contributed by atoms with Gasteiger partial charge in [0.1, 0.15) is 0 Å². The smallest absolute Gasteiger partial charge is 0.282 e. The van der Waals surface area contributed by atoms with E-state index in [1.54, 1.807) is 8.61 Å². The maximum atomic E-state index is 12.4. The number of hydrogen-bond donors (Lipinski definition) is 1. The third-order valence-corrected chi connectivity index (χ3v) is 5.95. The SMILES string of the molecule is Cl.O=S(=O)(N1CCOCC1)N1C[C@H]2CNC[C@H]2C1. The molecule has 0 amide bonds. The minimum atomic E-state index is -3.24. The topological polar surface area (TPSA) is 61.9 Å². The van der Waals surface area contributed by atoms with Gasteiger partial charge in [0.25, 0.3) is 10.2 Å². The monoisotopic (exact) mass is 297 g/mol. The highest BCUT2D eigenvalue weighted by Crippen LogP contribution is 2.29. The van der Waals surface area contributed by atoms with Crippen molar-refractivity contribution < 1.29 is 13.2 Å². The molecule has 0 aromatic heterocycles. The summed E-state index contributed by atoms with van der Waals surface area (Å²) in [6.45, 7) is 5.29. The number of ether oxygens (including phenoxy) is 1. The lowest BCUT2D eigenvalue weighted by Crippen LogP contribution is -2.48. The molecule has 3 rings (SSSR count). The van der Waals surface area contributed by atoms with E-state index in [2.05, 4.69) is 5.32 Å². The second kappa shape index (κ2) is 5.60. The van der Waals surface area contributed by atoms with Gasteiger partial charge in [0.05, 0.1) is 13.2 Å². The van der Waals surface area contributed by atoms with Gasteiger partial charge in [0, 0.05) is 26.2 Å². The number of nitrogens with zero attached hydrogens (tertiary/aromatic N) is 2. The largest absolute Gasteiger partial charge is 0.379 e. The summed E-state index contributed by atoms with van der Waals surface area (Å²) in [4.78, 5) is 0. The molecule has 0 aliphatic carbocycles. The van der Waals surface area contributed by atoms with Crippen LogP contribution in [0.5, 0.6) is 0 Å². The molecule has 1 N–H and O–H groups in total. The van der Waals surface area contributed by atoms with Crippen LogP contribution in [0.4, 0.5) is 0 Å². The lowest BCUT2D eigenvalue weighted by molar-refractivity contribution is 0.0704. The van der Waals surface area contributed by atoms with Crippen molar-refractivity contribution in [3.05, 3.63) is 0 Å². The summed E-state index contributed by atoms with van der Waals surface area (Å²) in [5.74, 6) is 1.01. The van der Waals surface area contributed by atoms with E-state index in [4.69, 9.17) is 4.74 Å². The van der Waals surface area contributed by atoms with Gasteiger partial charge in [-0.1, -0.05) is 0 Å². The van der Waals surface area contributed by atoms with Gasteiger partial charge in [-0.15, -0.1) is 12.4 Å². The van der Waals surface area contributed by atoms with E-state index in [-0.39, 0.29) is 12.4 Å². The minimum Gasteiger partial charge on any atom is -0.379 e. The summed E-state index contributed by atoms with van der Waals surface area (Å²) in [6, 6.07) is 0. The van der Waals surface area contributed by atoms with Gasteiger partial charge in [0.2, 0.25) is 0 Å². The van der Waals surface area contributed by atoms with Gasteiger partial charge in [-0.25, -0.2) is 0 Å². The van der Waals surface area contributed by atoms with Crippen molar-refractivity contribution in [2.75, 3.05) is 52.5 Å². The van der Waals surface area contributed by atoms with E-state index in [1.807, 2.05) is 0 Å². The van der Waals surface area contributed by atoms with Crippen LogP contribution in [0.1, 0.15) is 0 Å². The van der Waals surface area contributed by atoms with Crippen LogP contribution in [-0.4, -0.2) is 69.5 Å². The molecule has 0 radical (unpaired) electrons. The van der Waals surface area contributed by atoms with Crippen LogP contribution in [0.15, 0.2) is 0 Å². The highest BCUT2D eigenvalue weighted by molar-refractivity contribution is 7.86. The molecule has 3 heterocycles. The molecule has 3 aliphatic rings. The Kier molecular flexibility index (Phi) is 4.51. The summed E-state index contributed by atoms with van der Waals surface area (Å²) in [5, 5.41) is 3.32. The molecular formula is C10H20ClN3O3S. The summed E-state index contributed by atoms with van der Waals surface area (Å²) < 4.78 is 33.2. The summed E-state index contributed by atoms with van der Waals surface area (Å²) >= 11 is 0. The number of hydrogen-bond acceptors (Lipinski definition) is 4. The van der Waals surface area contributed by atoms with E-state index in [0.717, 1.165) is 13.1 Å². The molecule has 18 heavy (non-hydrogen) atoms. The average Bonchev–Trinajstić information content (AvgIpc) is 2.90. The minimum absolute atomic E-state index is 0. The molecule has 0 aromatic carbocycles. The molecule has 3 aliphatic heterocycles. The first-order valence-electron chi connectivity index (χ1n) is 6.21. The van der Waals surface area contributed by atoms with E-state index in [9.17, 15) is 8.42 Å². The molecule has 0 saturated carbocycles. The maximum absolute atomic E-state index is 12.4. The Hall–Kier alpha value is 0.0800. The highest BCUT2D eigenvalue weighted by Gasteiger charge is 2.43. The van der Waals surface area contributed by atoms with E-state index in [0.29, 0.717) is 51.2 Å². The summed E-state index contributed by atoms with van der Waals surface area (Å²) in [5.41, 5.74) is 0. The Balaban J connectivity index is 0.00000120. The highest BCUT2D eigenvalue weighted by atomic mass is 35.5. The van der Waals surface area contributed by atoms with Crippen molar-refractivity contribution in [2.45, 2.75) is 0 Å². The van der Waals surface area contributed by atoms with Crippen LogP contribution < -0.4 is 5.32 Å². The number of morpholine rings is 1. The molecule has 0 bridgehead atoms. The van der Waals surface area contributed by atoms with E-state index in [1.165, 1.54) is 0 Å². The number of fused-ring (bicyclic) bond motifs is 1. The third kappa shape index (κ3) is 2.52. The van der Waals surface area contributed by atoms with E-state index >= 15 is 0 Å². The van der Waals surface area contributed by atoms with Crippen LogP contribution in [0.2, 0.25) is 0 Å². The second-order valence-electron chi connectivity index (χ2n) is 5.01. The lowest BCUT2D eigenvalue weighted by atomic mass is 10.0. The predicted octanol–water partition coefficient (Wildman–Crippen LogP) is -0.864. The normalized spacial score (nSPS) is 34.2. The first kappa shape index (κ1) is 14.5. The third-order valence-electron chi connectivity index (χ3n) is 3.98. The van der Waals surface area contributed by atoms with Crippen molar-refractivity contribution in [1.29, 1.82) is 0 Å². The first-order chi connectivity index (χ1) is 8.18. The average molecular weight is 298 g/mol. The zero-order chi connectivity index (χ0) is 11.9. The Morgan fingerprint density at radius 3 is 2.11 bits per heavy atom. The van der Waals surface area contributed by atoms with Crippen LogP contribution in [0, 0.1) is 11.8 Å². The van der Waals surface area contributed by atoms with Crippen LogP contribution in [0.3, 0.4) is 0 Å². The first-order valence-corrected chi connectivity index (χ1v) is 7.61. The van der Waals surface area contributed by atoms with Gasteiger partial charge in [0.15, 0.2) is 0 Å². The lowest BCUT2D eigenvalue weighted by Gasteiger charge is -2.30. The molecular weight excluding hydrogens is 278 g/mol. The zero-order valence-corrected chi connectivity index (χ0v) is 11.9. The van der Waals surface area contributed by atoms with Crippen LogP contribution >= 0.6 is 12.4 Å². The molecule has 106 valence electrons. The fourth-order valence-corrected chi connectivity index (χ4v) is 4.64. The Morgan fingerprint density at radius 2 is 1.56 bits per heavy atom. The molecule has 3 saturated heterocycles. The quantitative estimate of drug-likeness (QED) is 0.720.